The third kappa shape index (κ3) is 4.32. The minimum atomic E-state index is -4.67. The van der Waals surface area contributed by atoms with Gasteiger partial charge < -0.3 is 10.1 Å². The van der Waals surface area contributed by atoms with Crippen LogP contribution in [0.2, 0.25) is 0 Å². The molecule has 2 N–H and O–H groups in total. The molecule has 2 atom stereocenters. The molecular weight excluding hydrogens is 263 g/mol. The molecule has 1 aromatic heterocycles. The Labute approximate surface area is 108 Å². The number of halogens is 3. The monoisotopic (exact) mass is 279 g/mol. The molecule has 19 heavy (non-hydrogen) atoms. The topological polar surface area (TPSA) is 69.2 Å². The largest absolute Gasteiger partial charge is 0.415 e. The smallest absolute Gasteiger partial charge is 0.382 e. The summed E-state index contributed by atoms with van der Waals surface area (Å²) < 4.78 is 36.8. The number of aryl methyl sites for hydroxylation is 1. The lowest BCUT2D eigenvalue weighted by atomic mass is 10.2. The highest BCUT2D eigenvalue weighted by molar-refractivity contribution is 5.03. The van der Waals surface area contributed by atoms with Gasteiger partial charge in [0.2, 0.25) is 0 Å². The number of H-pyrrole nitrogens is 1. The van der Waals surface area contributed by atoms with Gasteiger partial charge in [-0.1, -0.05) is 0 Å². The molecule has 1 aromatic rings. The van der Waals surface area contributed by atoms with E-state index in [4.69, 9.17) is 5.11 Å². The standard InChI is InChI=1S/C11H16F3N3O2/c1-6-4-9(19)16-10(15-6)7(2)17(3)5-8(18)11(12,13)14/h4,7-8,18H,5H2,1-3H3,(H,15,16,19). The maximum Gasteiger partial charge on any atom is 0.415 e. The normalized spacial score (nSPS) is 15.6. The van der Waals surface area contributed by atoms with E-state index in [1.54, 1.807) is 13.8 Å². The van der Waals surface area contributed by atoms with E-state index in [1.807, 2.05) is 0 Å². The van der Waals surface area contributed by atoms with Crippen molar-refractivity contribution in [1.29, 1.82) is 0 Å². The quantitative estimate of drug-likeness (QED) is 0.862. The lowest BCUT2D eigenvalue weighted by Crippen LogP contribution is -2.40. The van der Waals surface area contributed by atoms with Crippen molar-refractivity contribution < 1.29 is 18.3 Å². The molecule has 5 nitrogen and oxygen atoms in total. The summed E-state index contributed by atoms with van der Waals surface area (Å²) in [6.45, 7) is 2.62. The van der Waals surface area contributed by atoms with Gasteiger partial charge in [-0.15, -0.1) is 0 Å². The molecule has 0 aliphatic heterocycles. The second-order valence-corrected chi connectivity index (χ2v) is 4.44. The van der Waals surface area contributed by atoms with Crippen LogP contribution in [0.5, 0.6) is 0 Å². The summed E-state index contributed by atoms with van der Waals surface area (Å²) in [7, 11) is 1.42. The Kier molecular flexibility index (Phi) is 4.70. The zero-order valence-electron chi connectivity index (χ0n) is 10.8. The van der Waals surface area contributed by atoms with Crippen molar-refractivity contribution in [1.82, 2.24) is 14.9 Å². The summed E-state index contributed by atoms with van der Waals surface area (Å²) in [5, 5.41) is 9.00. The Balaban J connectivity index is 2.82. The molecule has 0 fully saturated rings. The van der Waals surface area contributed by atoms with Crippen molar-refractivity contribution in [3.05, 3.63) is 27.9 Å². The molecule has 1 rings (SSSR count). The summed E-state index contributed by atoms with van der Waals surface area (Å²) in [6.07, 6.45) is -7.10. The molecule has 1 heterocycles. The first-order valence-electron chi connectivity index (χ1n) is 5.64. The van der Waals surface area contributed by atoms with Crippen LogP contribution in [0.15, 0.2) is 10.9 Å². The van der Waals surface area contributed by atoms with E-state index < -0.39 is 24.9 Å². The summed E-state index contributed by atoms with van der Waals surface area (Å²) in [4.78, 5) is 19.1. The van der Waals surface area contributed by atoms with E-state index in [9.17, 15) is 18.0 Å². The lowest BCUT2D eigenvalue weighted by molar-refractivity contribution is -0.208. The molecule has 2 unspecified atom stereocenters. The summed E-state index contributed by atoms with van der Waals surface area (Å²) in [6, 6.07) is 0.741. The van der Waals surface area contributed by atoms with Gasteiger partial charge in [0, 0.05) is 18.3 Å². The average molecular weight is 279 g/mol. The molecule has 8 heteroatoms. The minimum Gasteiger partial charge on any atom is -0.382 e. The van der Waals surface area contributed by atoms with Crippen LogP contribution in [0, 0.1) is 6.92 Å². The van der Waals surface area contributed by atoms with Gasteiger partial charge >= 0.3 is 6.18 Å². The molecule has 0 bridgehead atoms. The number of aromatic nitrogens is 2. The first-order valence-corrected chi connectivity index (χ1v) is 5.64. The van der Waals surface area contributed by atoms with E-state index in [1.165, 1.54) is 18.0 Å². The summed E-state index contributed by atoms with van der Waals surface area (Å²) in [5.41, 5.74) is 0.120. The Morgan fingerprint density at radius 1 is 1.53 bits per heavy atom. The zero-order valence-corrected chi connectivity index (χ0v) is 10.8. The fourth-order valence-electron chi connectivity index (χ4n) is 1.54. The van der Waals surface area contributed by atoms with Crippen molar-refractivity contribution in [3.63, 3.8) is 0 Å². The number of likely N-dealkylation sites (N-methyl/N-ethyl adjacent to an activating group) is 1. The Hall–Kier alpha value is -1.41. The number of rotatable bonds is 4. The van der Waals surface area contributed by atoms with Crippen LogP contribution in [0.1, 0.15) is 24.5 Å². The SMILES string of the molecule is Cc1cc(=O)[nH]c(C(C)N(C)CC(O)C(F)(F)F)n1. The molecular formula is C11H16F3N3O2. The molecule has 0 spiro atoms. The Bertz CT molecular complexity index is 487. The van der Waals surface area contributed by atoms with Gasteiger partial charge in [0.1, 0.15) is 5.82 Å². The first-order chi connectivity index (χ1) is 8.61. The van der Waals surface area contributed by atoms with Gasteiger partial charge in [0.05, 0.1) is 6.04 Å². The maximum atomic E-state index is 12.3. The number of aliphatic hydroxyl groups is 1. The van der Waals surface area contributed by atoms with Crippen LogP contribution in [0.25, 0.3) is 0 Å². The van der Waals surface area contributed by atoms with E-state index in [-0.39, 0.29) is 11.4 Å². The zero-order chi connectivity index (χ0) is 14.8. The number of hydrogen-bond acceptors (Lipinski definition) is 4. The van der Waals surface area contributed by atoms with Crippen LogP contribution in [0.4, 0.5) is 13.2 Å². The third-order valence-electron chi connectivity index (χ3n) is 2.78. The number of alkyl halides is 3. The van der Waals surface area contributed by atoms with Gasteiger partial charge in [0.15, 0.2) is 6.10 Å². The maximum absolute atomic E-state index is 12.3. The second-order valence-electron chi connectivity index (χ2n) is 4.44. The van der Waals surface area contributed by atoms with E-state index >= 15 is 0 Å². The fourth-order valence-corrected chi connectivity index (χ4v) is 1.54. The molecule has 0 saturated carbocycles. The van der Waals surface area contributed by atoms with Crippen LogP contribution in [-0.2, 0) is 0 Å². The molecule has 0 amide bonds. The van der Waals surface area contributed by atoms with Crippen LogP contribution >= 0.6 is 0 Å². The van der Waals surface area contributed by atoms with Gasteiger partial charge in [-0.05, 0) is 20.9 Å². The number of aromatic amines is 1. The van der Waals surface area contributed by atoms with Crippen LogP contribution < -0.4 is 5.56 Å². The van der Waals surface area contributed by atoms with Gasteiger partial charge in [-0.25, -0.2) is 4.98 Å². The predicted octanol–water partition coefficient (Wildman–Crippen LogP) is 0.994. The number of aliphatic hydroxyl groups excluding tert-OH is 1. The van der Waals surface area contributed by atoms with Crippen LogP contribution in [0.3, 0.4) is 0 Å². The Morgan fingerprint density at radius 2 is 2.11 bits per heavy atom. The van der Waals surface area contributed by atoms with Crippen molar-refractivity contribution in [2.24, 2.45) is 0 Å². The van der Waals surface area contributed by atoms with Crippen molar-refractivity contribution in [2.45, 2.75) is 32.2 Å². The highest BCUT2D eigenvalue weighted by Crippen LogP contribution is 2.23. The van der Waals surface area contributed by atoms with E-state index in [0.29, 0.717) is 5.69 Å². The van der Waals surface area contributed by atoms with Crippen LogP contribution in [-0.4, -0.2) is 45.8 Å². The van der Waals surface area contributed by atoms with Gasteiger partial charge in [-0.3, -0.25) is 9.69 Å². The summed E-state index contributed by atoms with van der Waals surface area (Å²) >= 11 is 0. The molecule has 0 aliphatic carbocycles. The molecule has 0 aliphatic rings. The van der Waals surface area contributed by atoms with Gasteiger partial charge in [0.25, 0.3) is 5.56 Å². The third-order valence-corrected chi connectivity index (χ3v) is 2.78. The number of hydrogen-bond donors (Lipinski definition) is 2. The van der Waals surface area contributed by atoms with Crippen molar-refractivity contribution in [2.75, 3.05) is 13.6 Å². The highest BCUT2D eigenvalue weighted by atomic mass is 19.4. The molecule has 108 valence electrons. The molecule has 0 radical (unpaired) electrons. The fraction of sp³-hybridized carbons (Fsp3) is 0.636. The second kappa shape index (κ2) is 5.70. The first kappa shape index (κ1) is 15.6. The van der Waals surface area contributed by atoms with Crippen molar-refractivity contribution >= 4 is 0 Å². The number of nitrogens with zero attached hydrogens (tertiary/aromatic N) is 2. The predicted molar refractivity (Wildman–Crippen MR) is 62.7 cm³/mol. The van der Waals surface area contributed by atoms with E-state index in [2.05, 4.69) is 9.97 Å². The van der Waals surface area contributed by atoms with E-state index in [0.717, 1.165) is 0 Å². The van der Waals surface area contributed by atoms with Crippen molar-refractivity contribution in [3.8, 4) is 0 Å². The number of nitrogens with one attached hydrogen (secondary N) is 1. The molecule has 0 saturated heterocycles. The lowest BCUT2D eigenvalue weighted by Gasteiger charge is -2.27. The molecule has 0 aromatic carbocycles. The average Bonchev–Trinajstić information content (AvgIpc) is 2.25. The van der Waals surface area contributed by atoms with Gasteiger partial charge in [-0.2, -0.15) is 13.2 Å². The highest BCUT2D eigenvalue weighted by Gasteiger charge is 2.39. The Morgan fingerprint density at radius 3 is 2.58 bits per heavy atom. The minimum absolute atomic E-state index is 0.266. The summed E-state index contributed by atoms with van der Waals surface area (Å²) in [5.74, 6) is 0.266.